The van der Waals surface area contributed by atoms with Gasteiger partial charge in [0.1, 0.15) is 6.04 Å². The minimum absolute atomic E-state index is 0.182. The second-order valence-corrected chi connectivity index (χ2v) is 7.84. The number of rotatable bonds is 2. The molecule has 0 spiro atoms. The maximum atomic E-state index is 13.1. The van der Waals surface area contributed by atoms with Crippen LogP contribution in [0.4, 0.5) is 5.69 Å². The summed E-state index contributed by atoms with van der Waals surface area (Å²) in [7, 11) is 0. The molecular formula is C26H22N2O3. The lowest BCUT2D eigenvalue weighted by Gasteiger charge is -2.47. The van der Waals surface area contributed by atoms with Gasteiger partial charge in [-0.15, -0.1) is 0 Å². The standard InChI is InChI=1S/C26H22N2O3/c1-17(29)27-25(18-9-3-2-4-10-18)22(26(30)31)15-16-24-21-12-6-5-11-19(21)20-13-7-8-14-23(20)28(24)27/h2-15,24-25H,16H2,1H3,(H,30,31)/t24-,25-/m0/s1. The Morgan fingerprint density at radius 2 is 1.52 bits per heavy atom. The molecule has 5 heteroatoms. The van der Waals surface area contributed by atoms with Crippen molar-refractivity contribution in [1.29, 1.82) is 0 Å². The topological polar surface area (TPSA) is 60.9 Å². The predicted octanol–water partition coefficient (Wildman–Crippen LogP) is 5.13. The highest BCUT2D eigenvalue weighted by molar-refractivity contribution is 5.92. The molecule has 2 atom stereocenters. The molecule has 5 rings (SSSR count). The SMILES string of the molecule is CC(=O)N1[C@@H](c2ccccc2)C(C(=O)O)=CC[C@H]2c3ccccc3-c3ccccc3N21. The molecule has 0 saturated heterocycles. The summed E-state index contributed by atoms with van der Waals surface area (Å²) in [6.45, 7) is 1.50. The third-order valence-corrected chi connectivity index (χ3v) is 6.07. The van der Waals surface area contributed by atoms with Crippen LogP contribution in [0.5, 0.6) is 0 Å². The summed E-state index contributed by atoms with van der Waals surface area (Å²) in [6, 6.07) is 24.6. The first-order valence-electron chi connectivity index (χ1n) is 10.3. The molecule has 5 nitrogen and oxygen atoms in total. The molecule has 0 fully saturated rings. The predicted molar refractivity (Wildman–Crippen MR) is 119 cm³/mol. The molecule has 31 heavy (non-hydrogen) atoms. The molecule has 1 amide bonds. The van der Waals surface area contributed by atoms with E-state index >= 15 is 0 Å². The molecule has 0 aliphatic carbocycles. The first-order valence-corrected chi connectivity index (χ1v) is 10.3. The fourth-order valence-electron chi connectivity index (χ4n) is 4.83. The molecule has 3 aromatic carbocycles. The zero-order valence-electron chi connectivity index (χ0n) is 17.1. The van der Waals surface area contributed by atoms with Gasteiger partial charge in [0, 0.05) is 12.5 Å². The van der Waals surface area contributed by atoms with Gasteiger partial charge in [-0.2, -0.15) is 0 Å². The van der Waals surface area contributed by atoms with Gasteiger partial charge in [0.2, 0.25) is 5.91 Å². The number of carboxylic acid groups (broad SMARTS) is 1. The van der Waals surface area contributed by atoms with E-state index in [-0.39, 0.29) is 17.5 Å². The third-order valence-electron chi connectivity index (χ3n) is 6.07. The summed E-state index contributed by atoms with van der Waals surface area (Å²) in [5, 5.41) is 13.7. The maximum Gasteiger partial charge on any atom is 0.333 e. The van der Waals surface area contributed by atoms with Gasteiger partial charge in [0.05, 0.1) is 17.3 Å². The van der Waals surface area contributed by atoms with Crippen molar-refractivity contribution in [3.63, 3.8) is 0 Å². The van der Waals surface area contributed by atoms with Gasteiger partial charge < -0.3 is 5.11 Å². The number of hydrazine groups is 1. The number of fused-ring (bicyclic) bond motifs is 6. The molecule has 0 aromatic heterocycles. The summed E-state index contributed by atoms with van der Waals surface area (Å²) in [4.78, 5) is 25.5. The minimum Gasteiger partial charge on any atom is -0.478 e. The van der Waals surface area contributed by atoms with E-state index in [9.17, 15) is 14.7 Å². The van der Waals surface area contributed by atoms with Gasteiger partial charge in [-0.1, -0.05) is 78.9 Å². The fraction of sp³-hybridized carbons (Fsp3) is 0.154. The van der Waals surface area contributed by atoms with Crippen LogP contribution < -0.4 is 5.01 Å². The van der Waals surface area contributed by atoms with Gasteiger partial charge in [0.25, 0.3) is 0 Å². The van der Waals surface area contributed by atoms with Gasteiger partial charge in [-0.3, -0.25) is 9.80 Å². The zero-order chi connectivity index (χ0) is 21.5. The Labute approximate surface area is 180 Å². The number of aliphatic carboxylic acids is 1. The van der Waals surface area contributed by atoms with Crippen molar-refractivity contribution < 1.29 is 14.7 Å². The molecule has 0 saturated carbocycles. The van der Waals surface area contributed by atoms with Crippen LogP contribution in [0.3, 0.4) is 0 Å². The summed E-state index contributed by atoms with van der Waals surface area (Å²) in [5.41, 5.74) is 5.12. The third kappa shape index (κ3) is 3.01. The van der Waals surface area contributed by atoms with Crippen LogP contribution in [-0.4, -0.2) is 22.0 Å². The molecule has 3 aromatic rings. The smallest absolute Gasteiger partial charge is 0.333 e. The fourth-order valence-corrected chi connectivity index (χ4v) is 4.83. The highest BCUT2D eigenvalue weighted by Gasteiger charge is 2.43. The first kappa shape index (κ1) is 19.1. The van der Waals surface area contributed by atoms with Crippen LogP contribution in [0.15, 0.2) is 90.5 Å². The van der Waals surface area contributed by atoms with E-state index in [0.29, 0.717) is 6.42 Å². The molecule has 0 unspecified atom stereocenters. The van der Waals surface area contributed by atoms with Crippen molar-refractivity contribution in [2.45, 2.75) is 25.4 Å². The largest absolute Gasteiger partial charge is 0.478 e. The number of hydrogen-bond donors (Lipinski definition) is 1. The van der Waals surface area contributed by atoms with Crippen molar-refractivity contribution >= 4 is 17.6 Å². The van der Waals surface area contributed by atoms with Crippen LogP contribution >= 0.6 is 0 Å². The summed E-state index contributed by atoms with van der Waals surface area (Å²) in [6.07, 6.45) is 2.27. The van der Waals surface area contributed by atoms with Crippen molar-refractivity contribution in [3.8, 4) is 11.1 Å². The van der Waals surface area contributed by atoms with E-state index in [4.69, 9.17) is 0 Å². The number of hydrogen-bond acceptors (Lipinski definition) is 3. The van der Waals surface area contributed by atoms with Crippen LogP contribution in [-0.2, 0) is 9.59 Å². The quantitative estimate of drug-likeness (QED) is 0.636. The maximum absolute atomic E-state index is 13.1. The van der Waals surface area contributed by atoms with Gasteiger partial charge >= 0.3 is 5.97 Å². The molecular weight excluding hydrogens is 388 g/mol. The Hall–Kier alpha value is -3.86. The van der Waals surface area contributed by atoms with Crippen molar-refractivity contribution in [2.24, 2.45) is 0 Å². The normalized spacial score (nSPS) is 19.5. The van der Waals surface area contributed by atoms with E-state index in [0.717, 1.165) is 27.9 Å². The summed E-state index contributed by atoms with van der Waals surface area (Å²) >= 11 is 0. The number of para-hydroxylation sites is 1. The van der Waals surface area contributed by atoms with Gasteiger partial charge in [0.15, 0.2) is 0 Å². The second-order valence-electron chi connectivity index (χ2n) is 7.84. The highest BCUT2D eigenvalue weighted by Crippen LogP contribution is 2.50. The van der Waals surface area contributed by atoms with Crippen molar-refractivity contribution in [3.05, 3.63) is 102 Å². The number of amides is 1. The lowest BCUT2D eigenvalue weighted by Crippen LogP contribution is -2.50. The van der Waals surface area contributed by atoms with Crippen molar-refractivity contribution in [2.75, 3.05) is 5.01 Å². The Morgan fingerprint density at radius 3 is 2.23 bits per heavy atom. The van der Waals surface area contributed by atoms with E-state index in [1.807, 2.05) is 65.7 Å². The average Bonchev–Trinajstić information content (AvgIpc) is 2.98. The van der Waals surface area contributed by atoms with Crippen LogP contribution in [0.25, 0.3) is 11.1 Å². The number of carbonyl (C=O) groups excluding carboxylic acids is 1. The monoisotopic (exact) mass is 410 g/mol. The second kappa shape index (κ2) is 7.43. The molecule has 2 aliphatic rings. The summed E-state index contributed by atoms with van der Waals surface area (Å²) < 4.78 is 0. The Bertz CT molecular complexity index is 1200. The minimum atomic E-state index is -1.01. The van der Waals surface area contributed by atoms with Crippen LogP contribution in [0.2, 0.25) is 0 Å². The first-order chi connectivity index (χ1) is 15.1. The number of benzene rings is 3. The van der Waals surface area contributed by atoms with E-state index < -0.39 is 12.0 Å². The highest BCUT2D eigenvalue weighted by atomic mass is 16.4. The summed E-state index contributed by atoms with van der Waals surface area (Å²) in [5.74, 6) is -1.22. The Morgan fingerprint density at radius 1 is 0.871 bits per heavy atom. The number of nitrogens with zero attached hydrogens (tertiary/aromatic N) is 2. The van der Waals surface area contributed by atoms with E-state index in [2.05, 4.69) is 18.2 Å². The zero-order valence-corrected chi connectivity index (χ0v) is 17.1. The molecule has 2 heterocycles. The van der Waals surface area contributed by atoms with Gasteiger partial charge in [-0.25, -0.2) is 9.80 Å². The molecule has 154 valence electrons. The Balaban J connectivity index is 1.80. The van der Waals surface area contributed by atoms with E-state index in [1.165, 1.54) is 6.92 Å². The number of carbonyl (C=O) groups is 2. The lowest BCUT2D eigenvalue weighted by molar-refractivity contribution is -0.135. The molecule has 0 radical (unpaired) electrons. The average molecular weight is 410 g/mol. The lowest BCUT2D eigenvalue weighted by atomic mass is 9.87. The number of anilines is 1. The van der Waals surface area contributed by atoms with Crippen LogP contribution in [0.1, 0.15) is 36.6 Å². The Kier molecular flexibility index (Phi) is 4.59. The van der Waals surface area contributed by atoms with Crippen LogP contribution in [0, 0.1) is 0 Å². The molecule has 1 N–H and O–H groups in total. The number of carboxylic acids is 1. The van der Waals surface area contributed by atoms with Gasteiger partial charge in [-0.05, 0) is 29.2 Å². The van der Waals surface area contributed by atoms with Crippen molar-refractivity contribution in [1.82, 2.24) is 5.01 Å². The van der Waals surface area contributed by atoms with E-state index in [1.54, 1.807) is 11.1 Å². The molecule has 0 bridgehead atoms. The molecule has 2 aliphatic heterocycles.